The van der Waals surface area contributed by atoms with Gasteiger partial charge in [0.1, 0.15) is 36.6 Å². The Kier molecular flexibility index (Phi) is 10.7. The zero-order valence-corrected chi connectivity index (χ0v) is 29.4. The Hall–Kier alpha value is 0.844. The monoisotopic (exact) mass is 554 g/mol. The molecule has 6 nitrogen and oxygen atoms in total. The quantitative estimate of drug-likeness (QED) is 0.287. The molecule has 0 amide bonds. The van der Waals surface area contributed by atoms with Crippen LogP contribution in [0.1, 0.15) is 0 Å². The first-order valence-electron chi connectivity index (χ1n) is 12.3. The molecule has 1 saturated carbocycles. The highest BCUT2D eigenvalue weighted by atomic mass is 28.4. The predicted octanol–water partition coefficient (Wildman–Crippen LogP) is 6.12. The first-order valence-corrected chi connectivity index (χ1v) is 29.4. The second kappa shape index (κ2) is 11.1. The van der Waals surface area contributed by atoms with Crippen molar-refractivity contribution in [2.24, 2.45) is 0 Å². The molecule has 33 heavy (non-hydrogen) atoms. The van der Waals surface area contributed by atoms with Crippen LogP contribution in [0.5, 0.6) is 0 Å². The summed E-state index contributed by atoms with van der Waals surface area (Å²) in [4.78, 5) is 0. The van der Waals surface area contributed by atoms with E-state index in [2.05, 4.69) is 98.2 Å². The van der Waals surface area contributed by atoms with E-state index in [4.69, 9.17) is 26.9 Å². The van der Waals surface area contributed by atoms with E-state index in [0.717, 1.165) is 0 Å². The van der Waals surface area contributed by atoms with E-state index in [-0.39, 0.29) is 36.6 Å². The van der Waals surface area contributed by atoms with Crippen molar-refractivity contribution in [3.63, 3.8) is 0 Å². The molecule has 0 heterocycles. The zero-order valence-electron chi connectivity index (χ0n) is 24.4. The molecule has 1 fully saturated rings. The SMILES string of the molecule is COC1[C@@H](O[Si](C)(C)C)[C@H](O[Si](C)(C)C)C(O[Si](C)(C)C)[C@@H](O[Si](C)(C)C)[C@H]1O[Si](C)(C)C. The maximum absolute atomic E-state index is 6.93. The minimum atomic E-state index is -1.95. The van der Waals surface area contributed by atoms with Gasteiger partial charge in [0, 0.05) is 7.11 Å². The second-order valence-electron chi connectivity index (χ2n) is 14.2. The van der Waals surface area contributed by atoms with Gasteiger partial charge in [0.25, 0.3) is 0 Å². The highest BCUT2D eigenvalue weighted by molar-refractivity contribution is 6.71. The third kappa shape index (κ3) is 11.6. The van der Waals surface area contributed by atoms with Crippen LogP contribution < -0.4 is 0 Å². The standard InChI is InChI=1S/C22H54O6Si5/c1-23-17-18(24-29(2,3)4)20(26-31(8,9)10)22(28-33(14,15)16)21(27-32(11,12)13)19(17)25-30(5,6)7/h17-22H,1-16H3/t17?,18-,19+,20-,21-,22?/m0/s1. The van der Waals surface area contributed by atoms with Gasteiger partial charge in [-0.1, -0.05) is 0 Å². The molecule has 0 spiro atoms. The first kappa shape index (κ1) is 31.9. The molecule has 0 bridgehead atoms. The van der Waals surface area contributed by atoms with Gasteiger partial charge in [0.15, 0.2) is 41.6 Å². The Morgan fingerprint density at radius 1 is 0.303 bits per heavy atom. The van der Waals surface area contributed by atoms with Crippen LogP contribution in [-0.4, -0.2) is 85.3 Å². The lowest BCUT2D eigenvalue weighted by Crippen LogP contribution is -2.72. The predicted molar refractivity (Wildman–Crippen MR) is 152 cm³/mol. The van der Waals surface area contributed by atoms with Gasteiger partial charge in [-0.3, -0.25) is 0 Å². The zero-order chi connectivity index (χ0) is 26.2. The number of hydrogen-bond acceptors (Lipinski definition) is 6. The van der Waals surface area contributed by atoms with E-state index >= 15 is 0 Å². The van der Waals surface area contributed by atoms with Gasteiger partial charge in [0.2, 0.25) is 0 Å². The highest BCUT2D eigenvalue weighted by Gasteiger charge is 2.57. The van der Waals surface area contributed by atoms with Gasteiger partial charge >= 0.3 is 0 Å². The molecule has 1 aliphatic carbocycles. The van der Waals surface area contributed by atoms with Crippen molar-refractivity contribution in [1.29, 1.82) is 0 Å². The Bertz CT molecular complexity index is 571. The normalized spacial score (nSPS) is 30.5. The molecule has 1 aliphatic rings. The highest BCUT2D eigenvalue weighted by Crippen LogP contribution is 2.39. The van der Waals surface area contributed by atoms with E-state index < -0.39 is 41.6 Å². The van der Waals surface area contributed by atoms with Crippen molar-refractivity contribution >= 4 is 41.6 Å². The average molecular weight is 555 g/mol. The molecular weight excluding hydrogens is 501 g/mol. The minimum Gasteiger partial charge on any atom is -0.409 e. The van der Waals surface area contributed by atoms with Crippen molar-refractivity contribution < 1.29 is 26.9 Å². The van der Waals surface area contributed by atoms with Crippen LogP contribution in [0.25, 0.3) is 0 Å². The van der Waals surface area contributed by atoms with Gasteiger partial charge in [-0.15, -0.1) is 0 Å². The summed E-state index contributed by atoms with van der Waals surface area (Å²) >= 11 is 0. The third-order valence-corrected chi connectivity index (χ3v) is 9.56. The number of ether oxygens (including phenoxy) is 1. The summed E-state index contributed by atoms with van der Waals surface area (Å²) in [5.41, 5.74) is 0. The van der Waals surface area contributed by atoms with Crippen molar-refractivity contribution in [2.75, 3.05) is 7.11 Å². The second-order valence-corrected chi connectivity index (χ2v) is 36.5. The van der Waals surface area contributed by atoms with Gasteiger partial charge in [-0.05, 0) is 98.2 Å². The lowest BCUT2D eigenvalue weighted by atomic mass is 9.85. The fourth-order valence-corrected chi connectivity index (χ4v) is 9.53. The lowest BCUT2D eigenvalue weighted by molar-refractivity contribution is -0.207. The van der Waals surface area contributed by atoms with Crippen LogP contribution in [0, 0.1) is 0 Å². The van der Waals surface area contributed by atoms with Crippen LogP contribution in [0.4, 0.5) is 0 Å². The number of methoxy groups -OCH3 is 1. The van der Waals surface area contributed by atoms with Crippen LogP contribution in [-0.2, 0) is 26.9 Å². The average Bonchev–Trinajstić information content (AvgIpc) is 2.48. The van der Waals surface area contributed by atoms with E-state index in [1.807, 2.05) is 0 Å². The van der Waals surface area contributed by atoms with Crippen molar-refractivity contribution in [3.8, 4) is 0 Å². The maximum Gasteiger partial charge on any atom is 0.184 e. The van der Waals surface area contributed by atoms with E-state index in [1.165, 1.54) is 0 Å². The Labute approximate surface area is 210 Å². The van der Waals surface area contributed by atoms with Gasteiger partial charge in [-0.2, -0.15) is 0 Å². The summed E-state index contributed by atoms with van der Waals surface area (Å²) in [5.74, 6) is 0. The van der Waals surface area contributed by atoms with Crippen LogP contribution >= 0.6 is 0 Å². The molecule has 0 aromatic rings. The van der Waals surface area contributed by atoms with E-state index in [9.17, 15) is 0 Å². The van der Waals surface area contributed by atoms with Crippen LogP contribution in [0.3, 0.4) is 0 Å². The molecule has 0 N–H and O–H groups in total. The van der Waals surface area contributed by atoms with Crippen molar-refractivity contribution in [2.45, 2.75) is 135 Å². The minimum absolute atomic E-state index is 0.260. The topological polar surface area (TPSA) is 55.4 Å². The van der Waals surface area contributed by atoms with E-state index in [0.29, 0.717) is 0 Å². The Morgan fingerprint density at radius 3 is 0.576 bits per heavy atom. The van der Waals surface area contributed by atoms with Crippen LogP contribution in [0.15, 0.2) is 0 Å². The Balaban J connectivity index is 3.77. The molecule has 1 rings (SSSR count). The molecular formula is C22H54O6Si5. The molecule has 0 aliphatic heterocycles. The fraction of sp³-hybridized carbons (Fsp3) is 1.00. The summed E-state index contributed by atoms with van der Waals surface area (Å²) < 4.78 is 40.6. The van der Waals surface area contributed by atoms with Crippen molar-refractivity contribution in [1.82, 2.24) is 0 Å². The van der Waals surface area contributed by atoms with Gasteiger partial charge < -0.3 is 26.9 Å². The van der Waals surface area contributed by atoms with Crippen LogP contribution in [0.2, 0.25) is 98.2 Å². The third-order valence-electron chi connectivity index (χ3n) is 4.66. The van der Waals surface area contributed by atoms with E-state index in [1.54, 1.807) is 7.11 Å². The van der Waals surface area contributed by atoms with Gasteiger partial charge in [0.05, 0.1) is 0 Å². The van der Waals surface area contributed by atoms with Gasteiger partial charge in [-0.25, -0.2) is 0 Å². The molecule has 6 atom stereocenters. The smallest absolute Gasteiger partial charge is 0.184 e. The summed E-state index contributed by atoms with van der Waals surface area (Å²) in [6.45, 7) is 33.4. The number of hydrogen-bond donors (Lipinski definition) is 0. The lowest BCUT2D eigenvalue weighted by Gasteiger charge is -2.55. The molecule has 198 valence electrons. The molecule has 0 aromatic carbocycles. The maximum atomic E-state index is 6.93. The molecule has 2 unspecified atom stereocenters. The molecule has 11 heteroatoms. The Morgan fingerprint density at radius 2 is 0.455 bits per heavy atom. The summed E-state index contributed by atoms with van der Waals surface area (Å²) in [6, 6.07) is 0. The largest absolute Gasteiger partial charge is 0.409 e. The fourth-order valence-electron chi connectivity index (χ4n) is 4.10. The first-order chi connectivity index (χ1) is 14.4. The molecule has 0 aromatic heterocycles. The molecule has 0 radical (unpaired) electrons. The van der Waals surface area contributed by atoms with Crippen molar-refractivity contribution in [3.05, 3.63) is 0 Å². The molecule has 0 saturated heterocycles. The summed E-state index contributed by atoms with van der Waals surface area (Å²) in [7, 11) is -7.92. The summed E-state index contributed by atoms with van der Waals surface area (Å²) in [6.07, 6.45) is -1.60. The number of rotatable bonds is 11. The summed E-state index contributed by atoms with van der Waals surface area (Å²) in [5, 5.41) is 0.